The molecule has 3 aliphatic rings. The Kier molecular flexibility index (Phi) is 4.03. The summed E-state index contributed by atoms with van der Waals surface area (Å²) in [6, 6.07) is 11.7. The van der Waals surface area contributed by atoms with Crippen LogP contribution in [0.2, 0.25) is 0 Å². The zero-order chi connectivity index (χ0) is 20.2. The number of halogens is 1. The van der Waals surface area contributed by atoms with E-state index in [2.05, 4.69) is 0 Å². The minimum Gasteiger partial charge on any atom is -0.360 e. The fourth-order valence-electron chi connectivity index (χ4n) is 4.57. The van der Waals surface area contributed by atoms with E-state index < -0.39 is 24.1 Å². The number of nitrogens with zero attached hydrogens (tertiary/aromatic N) is 2. The summed E-state index contributed by atoms with van der Waals surface area (Å²) >= 11 is 0. The molecule has 5 rings (SSSR count). The average Bonchev–Trinajstić information content (AvgIpc) is 3.13. The summed E-state index contributed by atoms with van der Waals surface area (Å²) in [6.07, 6.45) is 2.16. The van der Waals surface area contributed by atoms with Crippen molar-refractivity contribution in [2.45, 2.75) is 24.9 Å². The zero-order valence-electron chi connectivity index (χ0n) is 15.7. The number of rotatable bonds is 3. The van der Waals surface area contributed by atoms with Gasteiger partial charge in [-0.05, 0) is 49.6 Å². The number of ether oxygens (including phenoxy) is 1. The van der Waals surface area contributed by atoms with Crippen LogP contribution in [0.25, 0.3) is 0 Å². The second-order valence-corrected chi connectivity index (χ2v) is 7.47. The molecule has 1 spiro atoms. The predicted octanol–water partition coefficient (Wildman–Crippen LogP) is 3.20. The van der Waals surface area contributed by atoms with E-state index in [1.54, 1.807) is 42.5 Å². The van der Waals surface area contributed by atoms with Gasteiger partial charge in [-0.3, -0.25) is 14.4 Å². The standard InChI is InChI=1S/C22H19FN2O4/c23-10-11-24-18-8-7-14(13-17(18)22(21(24)28)9-3-4-12-29-22)25-19(26)15-5-1-2-6-16(15)20(25)27/h1-2,5-8,13H,3-4,9-12H2. The summed E-state index contributed by atoms with van der Waals surface area (Å²) in [7, 11) is 0. The highest BCUT2D eigenvalue weighted by molar-refractivity contribution is 6.34. The number of carbonyl (C=O) groups excluding carboxylic acids is 3. The lowest BCUT2D eigenvalue weighted by Crippen LogP contribution is -2.45. The molecule has 3 aliphatic heterocycles. The van der Waals surface area contributed by atoms with Crippen LogP contribution in [-0.4, -0.2) is 37.5 Å². The Hall–Kier alpha value is -3.06. The molecule has 7 heteroatoms. The van der Waals surface area contributed by atoms with Crippen LogP contribution in [0, 0.1) is 0 Å². The lowest BCUT2D eigenvalue weighted by atomic mass is 9.87. The molecule has 29 heavy (non-hydrogen) atoms. The van der Waals surface area contributed by atoms with E-state index >= 15 is 0 Å². The number of anilines is 2. The van der Waals surface area contributed by atoms with Crippen molar-refractivity contribution in [2.24, 2.45) is 0 Å². The zero-order valence-corrected chi connectivity index (χ0v) is 15.7. The summed E-state index contributed by atoms with van der Waals surface area (Å²) < 4.78 is 19.1. The Labute approximate surface area is 166 Å². The largest absolute Gasteiger partial charge is 0.360 e. The first-order valence-electron chi connectivity index (χ1n) is 9.73. The Morgan fingerprint density at radius 3 is 2.34 bits per heavy atom. The molecule has 1 unspecified atom stereocenters. The van der Waals surface area contributed by atoms with E-state index in [0.29, 0.717) is 41.1 Å². The van der Waals surface area contributed by atoms with Crippen LogP contribution in [0.4, 0.5) is 15.8 Å². The number of imide groups is 1. The van der Waals surface area contributed by atoms with Crippen molar-refractivity contribution in [3.8, 4) is 0 Å². The molecule has 1 fully saturated rings. The van der Waals surface area contributed by atoms with Gasteiger partial charge in [0.25, 0.3) is 17.7 Å². The van der Waals surface area contributed by atoms with Gasteiger partial charge < -0.3 is 9.64 Å². The number of benzene rings is 2. The molecule has 0 bridgehead atoms. The highest BCUT2D eigenvalue weighted by atomic mass is 19.1. The molecule has 3 heterocycles. The third-order valence-corrected chi connectivity index (χ3v) is 5.93. The van der Waals surface area contributed by atoms with Gasteiger partial charge in [0, 0.05) is 12.2 Å². The fourth-order valence-corrected chi connectivity index (χ4v) is 4.57. The Morgan fingerprint density at radius 2 is 1.72 bits per heavy atom. The van der Waals surface area contributed by atoms with Crippen LogP contribution >= 0.6 is 0 Å². The number of carbonyl (C=O) groups is 3. The normalized spacial score (nSPS) is 23.1. The van der Waals surface area contributed by atoms with Crippen molar-refractivity contribution in [3.63, 3.8) is 0 Å². The third-order valence-electron chi connectivity index (χ3n) is 5.93. The van der Waals surface area contributed by atoms with Gasteiger partial charge in [-0.15, -0.1) is 0 Å². The second kappa shape index (κ2) is 6.49. The summed E-state index contributed by atoms with van der Waals surface area (Å²) in [5.74, 6) is -1.06. The summed E-state index contributed by atoms with van der Waals surface area (Å²) in [5.41, 5.74) is 1.11. The molecule has 3 amide bonds. The van der Waals surface area contributed by atoms with E-state index in [4.69, 9.17) is 4.74 Å². The highest BCUT2D eigenvalue weighted by Crippen LogP contribution is 2.49. The number of fused-ring (bicyclic) bond motifs is 3. The molecule has 0 aliphatic carbocycles. The van der Waals surface area contributed by atoms with Gasteiger partial charge in [0.2, 0.25) is 0 Å². The van der Waals surface area contributed by atoms with Crippen molar-refractivity contribution in [3.05, 3.63) is 59.2 Å². The van der Waals surface area contributed by atoms with Crippen LogP contribution in [0.5, 0.6) is 0 Å². The quantitative estimate of drug-likeness (QED) is 0.750. The lowest BCUT2D eigenvalue weighted by Gasteiger charge is -2.33. The van der Waals surface area contributed by atoms with E-state index in [9.17, 15) is 18.8 Å². The van der Waals surface area contributed by atoms with E-state index in [1.807, 2.05) is 0 Å². The number of hydrogen-bond donors (Lipinski definition) is 0. The minimum absolute atomic E-state index is 0.0523. The lowest BCUT2D eigenvalue weighted by molar-refractivity contribution is -0.150. The van der Waals surface area contributed by atoms with Crippen LogP contribution in [0.3, 0.4) is 0 Å². The van der Waals surface area contributed by atoms with Gasteiger partial charge in [0.15, 0.2) is 5.60 Å². The molecule has 2 aromatic carbocycles. The SMILES string of the molecule is O=C1c2ccccc2C(=O)N1c1ccc2c(c1)C1(CCCCO1)C(=O)N2CCF. The maximum absolute atomic E-state index is 13.2. The number of hydrogen-bond acceptors (Lipinski definition) is 4. The van der Waals surface area contributed by atoms with Crippen molar-refractivity contribution >= 4 is 29.1 Å². The summed E-state index contributed by atoms with van der Waals surface area (Å²) in [6.45, 7) is -0.281. The molecule has 0 aromatic heterocycles. The number of amides is 3. The van der Waals surface area contributed by atoms with Crippen LogP contribution < -0.4 is 9.80 Å². The Morgan fingerprint density at radius 1 is 1.00 bits per heavy atom. The van der Waals surface area contributed by atoms with Crippen molar-refractivity contribution in [1.82, 2.24) is 0 Å². The van der Waals surface area contributed by atoms with Gasteiger partial charge in [0.1, 0.15) is 6.67 Å². The van der Waals surface area contributed by atoms with Crippen molar-refractivity contribution in [1.29, 1.82) is 0 Å². The highest BCUT2D eigenvalue weighted by Gasteiger charge is 2.53. The first-order valence-corrected chi connectivity index (χ1v) is 9.73. The Balaban J connectivity index is 1.62. The first-order chi connectivity index (χ1) is 14.1. The van der Waals surface area contributed by atoms with Crippen molar-refractivity contribution < 1.29 is 23.5 Å². The molecule has 0 saturated carbocycles. The van der Waals surface area contributed by atoms with E-state index in [0.717, 1.165) is 17.7 Å². The van der Waals surface area contributed by atoms with Gasteiger partial charge in [-0.25, -0.2) is 9.29 Å². The van der Waals surface area contributed by atoms with Crippen molar-refractivity contribution in [2.75, 3.05) is 29.6 Å². The summed E-state index contributed by atoms with van der Waals surface area (Å²) in [4.78, 5) is 41.4. The monoisotopic (exact) mass is 394 g/mol. The van der Waals surface area contributed by atoms with Gasteiger partial charge in [-0.2, -0.15) is 0 Å². The molecule has 1 atom stereocenters. The maximum atomic E-state index is 13.2. The van der Waals surface area contributed by atoms with Gasteiger partial charge in [0.05, 0.1) is 29.0 Å². The topological polar surface area (TPSA) is 66.9 Å². The first kappa shape index (κ1) is 18.0. The second-order valence-electron chi connectivity index (χ2n) is 7.47. The number of alkyl halides is 1. The molecule has 6 nitrogen and oxygen atoms in total. The minimum atomic E-state index is -1.17. The predicted molar refractivity (Wildman–Crippen MR) is 104 cm³/mol. The van der Waals surface area contributed by atoms with E-state index in [1.165, 1.54) is 4.90 Å². The fraction of sp³-hybridized carbons (Fsp3) is 0.318. The smallest absolute Gasteiger partial charge is 0.266 e. The van der Waals surface area contributed by atoms with Gasteiger partial charge >= 0.3 is 0 Å². The molecular weight excluding hydrogens is 375 g/mol. The average molecular weight is 394 g/mol. The summed E-state index contributed by atoms with van der Waals surface area (Å²) in [5, 5.41) is 0. The molecule has 2 aromatic rings. The Bertz CT molecular complexity index is 1010. The van der Waals surface area contributed by atoms with Crippen LogP contribution in [-0.2, 0) is 15.1 Å². The molecular formula is C22H19FN2O4. The maximum Gasteiger partial charge on any atom is 0.266 e. The molecule has 148 valence electrons. The van der Waals surface area contributed by atoms with E-state index in [-0.39, 0.29) is 12.5 Å². The van der Waals surface area contributed by atoms with Crippen LogP contribution in [0.1, 0.15) is 45.5 Å². The van der Waals surface area contributed by atoms with Crippen LogP contribution in [0.15, 0.2) is 42.5 Å². The molecule has 1 saturated heterocycles. The molecule has 0 radical (unpaired) electrons. The van der Waals surface area contributed by atoms with Gasteiger partial charge in [-0.1, -0.05) is 12.1 Å². The third kappa shape index (κ3) is 2.40. The molecule has 0 N–H and O–H groups in total.